The molecule has 1 atom stereocenters. The number of carboxylic acids is 1. The van der Waals surface area contributed by atoms with E-state index < -0.39 is 22.0 Å². The van der Waals surface area contributed by atoms with Crippen molar-refractivity contribution in [1.29, 1.82) is 0 Å². The van der Waals surface area contributed by atoms with E-state index in [2.05, 4.69) is 9.46 Å². The summed E-state index contributed by atoms with van der Waals surface area (Å²) in [7, 11) is -2.58. The third-order valence-corrected chi connectivity index (χ3v) is 3.89. The number of hydrogen-bond acceptors (Lipinski definition) is 4. The van der Waals surface area contributed by atoms with E-state index in [9.17, 15) is 13.2 Å². The summed E-state index contributed by atoms with van der Waals surface area (Å²) in [6, 6.07) is 3.50. The molecule has 6 nitrogen and oxygen atoms in total. The molecule has 2 N–H and O–H groups in total. The number of methoxy groups -OCH3 is 1. The van der Waals surface area contributed by atoms with Crippen LogP contribution in [0.15, 0.2) is 23.1 Å². The number of sulfonamides is 1. The van der Waals surface area contributed by atoms with Crippen LogP contribution in [0.25, 0.3) is 0 Å². The Morgan fingerprint density at radius 3 is 2.26 bits per heavy atom. The van der Waals surface area contributed by atoms with Gasteiger partial charge in [0.15, 0.2) is 0 Å². The smallest absolute Gasteiger partial charge is 0.324 e. The lowest BCUT2D eigenvalue weighted by molar-refractivity contribution is -0.140. The number of carboxylic acid groups (broad SMARTS) is 1. The Bertz CT molecular complexity index is 547. The van der Waals surface area contributed by atoms with Crippen molar-refractivity contribution in [2.75, 3.05) is 13.7 Å². The number of rotatable bonds is 6. The predicted octanol–water partition coefficient (Wildman–Crippen LogP) is 0.681. The highest BCUT2D eigenvalue weighted by molar-refractivity contribution is 7.89. The number of ether oxygens (including phenoxy) is 1. The third kappa shape index (κ3) is 4.30. The molecule has 1 aromatic rings. The second-order valence-corrected chi connectivity index (χ2v) is 6.00. The van der Waals surface area contributed by atoms with E-state index in [1.807, 2.05) is 6.07 Å². The molecule has 0 fully saturated rings. The van der Waals surface area contributed by atoms with Crippen LogP contribution in [0.2, 0.25) is 0 Å². The minimum atomic E-state index is -3.88. The molecule has 0 spiro atoms. The molecule has 1 unspecified atom stereocenters. The van der Waals surface area contributed by atoms with Crippen molar-refractivity contribution in [2.45, 2.75) is 24.8 Å². The lowest BCUT2D eigenvalue weighted by Crippen LogP contribution is -2.43. The van der Waals surface area contributed by atoms with Crippen molar-refractivity contribution in [2.24, 2.45) is 0 Å². The maximum atomic E-state index is 12.1. The molecule has 19 heavy (non-hydrogen) atoms. The molecule has 1 rings (SSSR count). The number of hydrogen-bond donors (Lipinski definition) is 2. The first-order chi connectivity index (χ1) is 8.76. The average Bonchev–Trinajstić information content (AvgIpc) is 2.26. The molecule has 7 heteroatoms. The molecule has 0 aliphatic carbocycles. The Labute approximate surface area is 112 Å². The van der Waals surface area contributed by atoms with Crippen molar-refractivity contribution in [3.63, 3.8) is 0 Å². The highest BCUT2D eigenvalue weighted by atomic mass is 32.2. The van der Waals surface area contributed by atoms with E-state index in [1.54, 1.807) is 13.8 Å². The summed E-state index contributed by atoms with van der Waals surface area (Å²) in [6.45, 7) is 3.31. The van der Waals surface area contributed by atoms with Gasteiger partial charge in [-0.15, -0.1) is 0 Å². The summed E-state index contributed by atoms with van der Waals surface area (Å²) in [5.74, 6) is -1.28. The summed E-state index contributed by atoms with van der Waals surface area (Å²) < 4.78 is 31.0. The molecular formula is C12H17NO5S. The van der Waals surface area contributed by atoms with Gasteiger partial charge in [0, 0.05) is 7.11 Å². The molecule has 0 saturated carbocycles. The molecule has 0 heterocycles. The second kappa shape index (κ2) is 6.14. The molecule has 0 radical (unpaired) electrons. The molecule has 1 aromatic carbocycles. The first-order valence-electron chi connectivity index (χ1n) is 5.58. The Morgan fingerprint density at radius 1 is 1.32 bits per heavy atom. The molecule has 0 aliphatic rings. The van der Waals surface area contributed by atoms with Crippen molar-refractivity contribution >= 4 is 16.0 Å². The van der Waals surface area contributed by atoms with E-state index in [0.29, 0.717) is 0 Å². The average molecular weight is 287 g/mol. The van der Waals surface area contributed by atoms with E-state index in [1.165, 1.54) is 19.2 Å². The Kier molecular flexibility index (Phi) is 5.04. The molecular weight excluding hydrogens is 270 g/mol. The van der Waals surface area contributed by atoms with Crippen molar-refractivity contribution in [1.82, 2.24) is 4.72 Å². The zero-order valence-corrected chi connectivity index (χ0v) is 11.8. The topological polar surface area (TPSA) is 92.7 Å². The monoisotopic (exact) mass is 287 g/mol. The van der Waals surface area contributed by atoms with Crippen LogP contribution in [-0.4, -0.2) is 39.3 Å². The van der Waals surface area contributed by atoms with Gasteiger partial charge in [0.25, 0.3) is 0 Å². The molecule has 0 aliphatic heterocycles. The van der Waals surface area contributed by atoms with Crippen molar-refractivity contribution in [3.05, 3.63) is 29.3 Å². The summed E-state index contributed by atoms with van der Waals surface area (Å²) in [5, 5.41) is 8.92. The van der Waals surface area contributed by atoms with E-state index in [4.69, 9.17) is 5.11 Å². The lowest BCUT2D eigenvalue weighted by atomic mass is 10.2. The van der Waals surface area contributed by atoms with Crippen LogP contribution in [0.3, 0.4) is 0 Å². The zero-order valence-electron chi connectivity index (χ0n) is 11.0. The first-order valence-corrected chi connectivity index (χ1v) is 7.07. The maximum absolute atomic E-state index is 12.1. The minimum Gasteiger partial charge on any atom is -0.480 e. The molecule has 106 valence electrons. The predicted molar refractivity (Wildman–Crippen MR) is 69.5 cm³/mol. The van der Waals surface area contributed by atoms with E-state index >= 15 is 0 Å². The van der Waals surface area contributed by atoms with Gasteiger partial charge in [-0.3, -0.25) is 4.79 Å². The lowest BCUT2D eigenvalue weighted by Gasteiger charge is -2.14. The van der Waals surface area contributed by atoms with Gasteiger partial charge in [-0.25, -0.2) is 8.42 Å². The van der Waals surface area contributed by atoms with E-state index in [0.717, 1.165) is 11.1 Å². The molecule has 0 saturated heterocycles. The standard InChI is InChI=1S/C12H17NO5S/c1-8-4-9(2)6-10(5-8)19(16,17)13-11(7-18-3)12(14)15/h4-6,11,13H,7H2,1-3H3,(H,14,15). The van der Waals surface area contributed by atoms with Crippen molar-refractivity contribution in [3.8, 4) is 0 Å². The Morgan fingerprint density at radius 2 is 1.84 bits per heavy atom. The van der Waals surface area contributed by atoms with Gasteiger partial charge >= 0.3 is 5.97 Å². The number of nitrogens with one attached hydrogen (secondary N) is 1. The van der Waals surface area contributed by atoms with Gasteiger partial charge in [-0.2, -0.15) is 4.72 Å². The fraction of sp³-hybridized carbons (Fsp3) is 0.417. The van der Waals surface area contributed by atoms with Crippen LogP contribution >= 0.6 is 0 Å². The highest BCUT2D eigenvalue weighted by Crippen LogP contribution is 2.14. The van der Waals surface area contributed by atoms with Gasteiger partial charge in [-0.1, -0.05) is 6.07 Å². The van der Waals surface area contributed by atoms with Gasteiger partial charge in [0.05, 0.1) is 11.5 Å². The number of aryl methyl sites for hydroxylation is 2. The van der Waals surface area contributed by atoms with Crippen LogP contribution < -0.4 is 4.72 Å². The molecule has 0 amide bonds. The van der Waals surface area contributed by atoms with Crippen LogP contribution in [0.1, 0.15) is 11.1 Å². The SMILES string of the molecule is COCC(NS(=O)(=O)c1cc(C)cc(C)c1)C(=O)O. The number of aliphatic carboxylic acids is 1. The van der Waals surface area contributed by atoms with Gasteiger partial charge < -0.3 is 9.84 Å². The zero-order chi connectivity index (χ0) is 14.6. The normalized spacial score (nSPS) is 13.2. The quantitative estimate of drug-likeness (QED) is 0.802. The third-order valence-electron chi connectivity index (χ3n) is 2.43. The summed E-state index contributed by atoms with van der Waals surface area (Å²) in [5.41, 5.74) is 1.58. The number of benzene rings is 1. The Hall–Kier alpha value is -1.44. The van der Waals surface area contributed by atoms with Crippen molar-refractivity contribution < 1.29 is 23.1 Å². The minimum absolute atomic E-state index is 0.0485. The van der Waals surface area contributed by atoms with Gasteiger partial charge in [-0.05, 0) is 37.1 Å². The van der Waals surface area contributed by atoms with Gasteiger partial charge in [0.2, 0.25) is 10.0 Å². The first kappa shape index (κ1) is 15.6. The van der Waals surface area contributed by atoms with Crippen LogP contribution in [-0.2, 0) is 19.6 Å². The van der Waals surface area contributed by atoms with Crippen LogP contribution in [0.5, 0.6) is 0 Å². The van der Waals surface area contributed by atoms with Crippen LogP contribution in [0.4, 0.5) is 0 Å². The number of carbonyl (C=O) groups is 1. The summed E-state index contributed by atoms with van der Waals surface area (Å²) >= 11 is 0. The molecule has 0 bridgehead atoms. The summed E-state index contributed by atoms with van der Waals surface area (Å²) in [6.07, 6.45) is 0. The summed E-state index contributed by atoms with van der Waals surface area (Å²) in [4.78, 5) is 11.0. The van der Waals surface area contributed by atoms with Gasteiger partial charge in [0.1, 0.15) is 6.04 Å². The van der Waals surface area contributed by atoms with E-state index in [-0.39, 0.29) is 11.5 Å². The second-order valence-electron chi connectivity index (χ2n) is 4.29. The fourth-order valence-electron chi connectivity index (χ4n) is 1.67. The largest absolute Gasteiger partial charge is 0.480 e. The fourth-order valence-corrected chi connectivity index (χ4v) is 3.03. The Balaban J connectivity index is 3.06. The highest BCUT2D eigenvalue weighted by Gasteiger charge is 2.25. The maximum Gasteiger partial charge on any atom is 0.324 e. The molecule has 0 aromatic heterocycles. The van der Waals surface area contributed by atoms with Crippen LogP contribution in [0, 0.1) is 13.8 Å².